The quantitative estimate of drug-likeness (QED) is 0.821. The Morgan fingerprint density at radius 3 is 2.74 bits per heavy atom. The minimum absolute atomic E-state index is 0.0714. The number of benzene rings is 1. The van der Waals surface area contributed by atoms with Gasteiger partial charge in [-0.1, -0.05) is 24.9 Å². The second-order valence-electron chi connectivity index (χ2n) is 5.16. The third-order valence-corrected chi connectivity index (χ3v) is 5.44. The van der Waals surface area contributed by atoms with Crippen LogP contribution in [0.5, 0.6) is 0 Å². The summed E-state index contributed by atoms with van der Waals surface area (Å²) < 4.78 is 27.2. The van der Waals surface area contributed by atoms with E-state index >= 15 is 0 Å². The van der Waals surface area contributed by atoms with Gasteiger partial charge in [0.25, 0.3) is 0 Å². The zero-order valence-corrected chi connectivity index (χ0v) is 12.7. The number of anilines is 1. The van der Waals surface area contributed by atoms with Crippen LogP contribution in [0.25, 0.3) is 0 Å². The highest BCUT2D eigenvalue weighted by molar-refractivity contribution is 7.89. The zero-order chi connectivity index (χ0) is 14.2. The first-order valence-electron chi connectivity index (χ1n) is 6.43. The lowest BCUT2D eigenvalue weighted by Crippen LogP contribution is -2.27. The molecule has 6 heteroatoms. The van der Waals surface area contributed by atoms with Gasteiger partial charge in [0.1, 0.15) is 0 Å². The van der Waals surface area contributed by atoms with E-state index in [2.05, 4.69) is 11.6 Å². The van der Waals surface area contributed by atoms with E-state index in [1.54, 1.807) is 13.0 Å². The Kier molecular flexibility index (Phi) is 4.08. The van der Waals surface area contributed by atoms with E-state index in [0.29, 0.717) is 22.2 Å². The molecule has 1 aliphatic carbocycles. The lowest BCUT2D eigenvalue weighted by molar-refractivity contribution is 0.573. The number of nitrogens with one attached hydrogen (secondary N) is 1. The van der Waals surface area contributed by atoms with E-state index in [9.17, 15) is 8.42 Å². The van der Waals surface area contributed by atoms with Gasteiger partial charge in [-0.2, -0.15) is 0 Å². The fraction of sp³-hybridized carbons (Fsp3) is 0.538. The van der Waals surface area contributed by atoms with E-state index in [1.165, 1.54) is 6.07 Å². The summed E-state index contributed by atoms with van der Waals surface area (Å²) in [5.41, 5.74) is 6.68. The largest absolute Gasteiger partial charge is 0.397 e. The smallest absolute Gasteiger partial charge is 0.240 e. The van der Waals surface area contributed by atoms with Crippen LogP contribution in [0.15, 0.2) is 17.0 Å². The zero-order valence-electron chi connectivity index (χ0n) is 11.1. The van der Waals surface area contributed by atoms with Crippen molar-refractivity contribution in [3.63, 3.8) is 0 Å². The SMILES string of the molecule is CCCC1CC1NS(=O)(=O)c1cc(C)c(Cl)c(N)c1. The number of nitrogens with two attached hydrogens (primary N) is 1. The number of rotatable bonds is 5. The molecule has 0 aromatic heterocycles. The molecule has 0 spiro atoms. The molecule has 3 N–H and O–H groups in total. The first kappa shape index (κ1) is 14.6. The van der Waals surface area contributed by atoms with Crippen molar-refractivity contribution in [2.45, 2.75) is 44.0 Å². The van der Waals surface area contributed by atoms with Gasteiger partial charge in [-0.25, -0.2) is 13.1 Å². The Labute approximate surface area is 119 Å². The van der Waals surface area contributed by atoms with Gasteiger partial charge in [0.15, 0.2) is 0 Å². The van der Waals surface area contributed by atoms with Crippen LogP contribution in [-0.2, 0) is 10.0 Å². The van der Waals surface area contributed by atoms with E-state index in [1.807, 2.05) is 0 Å². The van der Waals surface area contributed by atoms with Crippen LogP contribution in [0.4, 0.5) is 5.69 Å². The van der Waals surface area contributed by atoms with Crippen molar-refractivity contribution in [3.8, 4) is 0 Å². The number of aryl methyl sites for hydroxylation is 1. The van der Waals surface area contributed by atoms with Crippen molar-refractivity contribution in [1.29, 1.82) is 0 Å². The Hall–Kier alpha value is -0.780. The molecule has 1 aliphatic rings. The molecule has 2 rings (SSSR count). The Morgan fingerprint density at radius 2 is 2.16 bits per heavy atom. The number of sulfonamides is 1. The molecular weight excluding hydrogens is 284 g/mol. The molecule has 1 aromatic carbocycles. The molecule has 4 nitrogen and oxygen atoms in total. The molecule has 0 aliphatic heterocycles. The van der Waals surface area contributed by atoms with E-state index in [4.69, 9.17) is 17.3 Å². The van der Waals surface area contributed by atoms with Gasteiger partial charge in [-0.15, -0.1) is 0 Å². The fourth-order valence-electron chi connectivity index (χ4n) is 2.27. The molecule has 1 aromatic rings. The molecule has 106 valence electrons. The van der Waals surface area contributed by atoms with Crippen LogP contribution in [-0.4, -0.2) is 14.5 Å². The van der Waals surface area contributed by atoms with Gasteiger partial charge >= 0.3 is 0 Å². The first-order valence-corrected chi connectivity index (χ1v) is 8.29. The van der Waals surface area contributed by atoms with Crippen molar-refractivity contribution in [2.75, 3.05) is 5.73 Å². The summed E-state index contributed by atoms with van der Waals surface area (Å²) in [5.74, 6) is 0.477. The Morgan fingerprint density at radius 1 is 1.47 bits per heavy atom. The summed E-state index contributed by atoms with van der Waals surface area (Å²) >= 11 is 5.94. The second kappa shape index (κ2) is 5.31. The fourth-order valence-corrected chi connectivity index (χ4v) is 3.81. The van der Waals surface area contributed by atoms with Crippen LogP contribution in [0, 0.1) is 12.8 Å². The van der Waals surface area contributed by atoms with Crippen LogP contribution in [0.1, 0.15) is 31.7 Å². The minimum Gasteiger partial charge on any atom is -0.397 e. The van der Waals surface area contributed by atoms with Crippen molar-refractivity contribution >= 4 is 27.3 Å². The predicted octanol–water partition coefficient (Wildman–Crippen LogP) is 2.70. The van der Waals surface area contributed by atoms with Crippen molar-refractivity contribution in [2.24, 2.45) is 5.92 Å². The van der Waals surface area contributed by atoms with E-state index in [-0.39, 0.29) is 10.9 Å². The van der Waals surface area contributed by atoms with Crippen LogP contribution < -0.4 is 10.5 Å². The summed E-state index contributed by atoms with van der Waals surface area (Å²) in [6, 6.07) is 3.04. The lowest BCUT2D eigenvalue weighted by atomic mass is 10.2. The summed E-state index contributed by atoms with van der Waals surface area (Å²) in [6.45, 7) is 3.85. The van der Waals surface area contributed by atoms with Gasteiger partial charge in [0.05, 0.1) is 15.6 Å². The topological polar surface area (TPSA) is 72.2 Å². The highest BCUT2D eigenvalue weighted by atomic mass is 35.5. The average molecular weight is 303 g/mol. The molecule has 2 atom stereocenters. The monoisotopic (exact) mass is 302 g/mol. The number of nitrogen functional groups attached to an aromatic ring is 1. The summed E-state index contributed by atoms with van der Waals surface area (Å²) in [7, 11) is -3.50. The van der Waals surface area contributed by atoms with Gasteiger partial charge < -0.3 is 5.73 Å². The Balaban J connectivity index is 2.17. The standard InChI is InChI=1S/C13H19ClN2O2S/c1-3-4-9-6-12(9)16-19(17,18)10-5-8(2)13(14)11(15)7-10/h5,7,9,12,16H,3-4,6,15H2,1-2H3. The number of halogens is 1. The predicted molar refractivity (Wildman–Crippen MR) is 77.7 cm³/mol. The highest BCUT2D eigenvalue weighted by Gasteiger charge is 2.39. The van der Waals surface area contributed by atoms with Gasteiger partial charge in [-0.05, 0) is 43.4 Å². The summed E-state index contributed by atoms with van der Waals surface area (Å²) in [6.07, 6.45) is 3.07. The maximum absolute atomic E-state index is 12.2. The molecule has 0 amide bonds. The molecular formula is C13H19ClN2O2S. The summed E-state index contributed by atoms with van der Waals surface area (Å²) in [4.78, 5) is 0.189. The first-order chi connectivity index (χ1) is 8.85. The van der Waals surface area contributed by atoms with E-state index < -0.39 is 10.0 Å². The van der Waals surface area contributed by atoms with Crippen LogP contribution >= 0.6 is 11.6 Å². The maximum Gasteiger partial charge on any atom is 0.240 e. The molecule has 0 saturated heterocycles. The third-order valence-electron chi connectivity index (χ3n) is 3.46. The van der Waals surface area contributed by atoms with Gasteiger partial charge in [0.2, 0.25) is 10.0 Å². The summed E-state index contributed by atoms with van der Waals surface area (Å²) in [5, 5.41) is 0.411. The normalized spacial score (nSPS) is 22.5. The molecule has 2 unspecified atom stereocenters. The lowest BCUT2D eigenvalue weighted by Gasteiger charge is -2.10. The van der Waals surface area contributed by atoms with Crippen molar-refractivity contribution < 1.29 is 8.42 Å². The second-order valence-corrected chi connectivity index (χ2v) is 7.25. The number of hydrogen-bond acceptors (Lipinski definition) is 3. The molecule has 0 heterocycles. The third kappa shape index (κ3) is 3.22. The van der Waals surface area contributed by atoms with Gasteiger partial charge in [0, 0.05) is 6.04 Å². The maximum atomic E-state index is 12.2. The molecule has 0 radical (unpaired) electrons. The Bertz CT molecular complexity index is 563. The minimum atomic E-state index is -3.50. The molecule has 1 saturated carbocycles. The van der Waals surface area contributed by atoms with Gasteiger partial charge in [-0.3, -0.25) is 0 Å². The number of hydrogen-bond donors (Lipinski definition) is 2. The van der Waals surface area contributed by atoms with Crippen molar-refractivity contribution in [1.82, 2.24) is 4.72 Å². The van der Waals surface area contributed by atoms with Crippen molar-refractivity contribution in [3.05, 3.63) is 22.7 Å². The molecule has 1 fully saturated rings. The van der Waals surface area contributed by atoms with Crippen LogP contribution in [0.2, 0.25) is 5.02 Å². The average Bonchev–Trinajstić information content (AvgIpc) is 3.03. The van der Waals surface area contributed by atoms with E-state index in [0.717, 1.165) is 19.3 Å². The molecule has 0 bridgehead atoms. The highest BCUT2D eigenvalue weighted by Crippen LogP contribution is 2.36. The molecule has 19 heavy (non-hydrogen) atoms. The van der Waals surface area contributed by atoms with Crippen LogP contribution in [0.3, 0.4) is 0 Å².